The van der Waals surface area contributed by atoms with Crippen molar-refractivity contribution in [3.63, 3.8) is 0 Å². The van der Waals surface area contributed by atoms with Gasteiger partial charge in [0.05, 0.1) is 23.9 Å². The van der Waals surface area contributed by atoms with Gasteiger partial charge in [0.25, 0.3) is 0 Å². The fourth-order valence-corrected chi connectivity index (χ4v) is 2.92. The van der Waals surface area contributed by atoms with E-state index in [-0.39, 0.29) is 18.3 Å². The summed E-state index contributed by atoms with van der Waals surface area (Å²) in [4.78, 5) is 16.0. The summed E-state index contributed by atoms with van der Waals surface area (Å²) in [6, 6.07) is 12.0. The molecule has 0 spiro atoms. The van der Waals surface area contributed by atoms with Crippen LogP contribution < -0.4 is 10.2 Å². The number of anilines is 2. The summed E-state index contributed by atoms with van der Waals surface area (Å²) in [6.45, 7) is 2.65. The molecule has 26 heavy (non-hydrogen) atoms. The van der Waals surface area contributed by atoms with Crippen LogP contribution in [0.2, 0.25) is 0 Å². The van der Waals surface area contributed by atoms with Crippen molar-refractivity contribution >= 4 is 17.3 Å². The SMILES string of the molecule is N#Cc1ccc(N2CCN(CC(=O)Nc3ccc(F)cc3)CC2)c(F)c1. The van der Waals surface area contributed by atoms with E-state index in [1.165, 1.54) is 30.3 Å². The maximum Gasteiger partial charge on any atom is 0.238 e. The molecule has 7 heteroatoms. The number of amides is 1. The normalized spacial score (nSPS) is 14.7. The maximum absolute atomic E-state index is 14.1. The van der Waals surface area contributed by atoms with E-state index >= 15 is 0 Å². The van der Waals surface area contributed by atoms with E-state index in [9.17, 15) is 13.6 Å². The molecule has 1 heterocycles. The van der Waals surface area contributed by atoms with Crippen molar-refractivity contribution in [2.45, 2.75) is 0 Å². The van der Waals surface area contributed by atoms with E-state index in [2.05, 4.69) is 5.32 Å². The van der Waals surface area contributed by atoms with E-state index in [1.54, 1.807) is 12.1 Å². The molecule has 0 saturated carbocycles. The first kappa shape index (κ1) is 17.8. The highest BCUT2D eigenvalue weighted by atomic mass is 19.1. The van der Waals surface area contributed by atoms with Crippen LogP contribution in [0.15, 0.2) is 42.5 Å². The summed E-state index contributed by atoms with van der Waals surface area (Å²) in [6.07, 6.45) is 0. The molecule has 1 saturated heterocycles. The Bertz CT molecular complexity index is 824. The van der Waals surface area contributed by atoms with Gasteiger partial charge in [0.2, 0.25) is 5.91 Å². The van der Waals surface area contributed by atoms with Crippen LogP contribution in [0.3, 0.4) is 0 Å². The molecule has 0 bridgehead atoms. The predicted molar refractivity (Wildman–Crippen MR) is 94.8 cm³/mol. The lowest BCUT2D eigenvalue weighted by atomic mass is 10.2. The lowest BCUT2D eigenvalue weighted by Gasteiger charge is -2.35. The zero-order valence-electron chi connectivity index (χ0n) is 14.1. The number of carbonyl (C=O) groups excluding carboxylic acids is 1. The van der Waals surface area contributed by atoms with Crippen LogP contribution in [0.5, 0.6) is 0 Å². The minimum absolute atomic E-state index is 0.172. The van der Waals surface area contributed by atoms with Crippen molar-refractivity contribution in [3.8, 4) is 6.07 Å². The minimum Gasteiger partial charge on any atom is -0.367 e. The van der Waals surface area contributed by atoms with Crippen LogP contribution in [0, 0.1) is 23.0 Å². The standard InChI is InChI=1S/C19H18F2N4O/c20-15-2-4-16(5-3-15)23-19(26)13-24-7-9-25(10-8-24)18-6-1-14(12-22)11-17(18)21/h1-6,11H,7-10,13H2,(H,23,26). The van der Waals surface area contributed by atoms with Gasteiger partial charge in [-0.25, -0.2) is 8.78 Å². The highest BCUT2D eigenvalue weighted by Gasteiger charge is 2.21. The first-order valence-electron chi connectivity index (χ1n) is 8.27. The quantitative estimate of drug-likeness (QED) is 0.915. The van der Waals surface area contributed by atoms with Crippen LogP contribution in [-0.2, 0) is 4.79 Å². The summed E-state index contributed by atoms with van der Waals surface area (Å²) >= 11 is 0. The van der Waals surface area contributed by atoms with Gasteiger partial charge in [-0.05, 0) is 42.5 Å². The minimum atomic E-state index is -0.411. The van der Waals surface area contributed by atoms with Crippen LogP contribution in [-0.4, -0.2) is 43.5 Å². The van der Waals surface area contributed by atoms with Crippen LogP contribution in [0.4, 0.5) is 20.2 Å². The lowest BCUT2D eigenvalue weighted by molar-refractivity contribution is -0.117. The first-order chi connectivity index (χ1) is 12.5. The molecule has 1 fully saturated rings. The molecule has 3 rings (SSSR count). The van der Waals surface area contributed by atoms with E-state index in [0.29, 0.717) is 43.1 Å². The molecule has 0 atom stereocenters. The van der Waals surface area contributed by atoms with Gasteiger partial charge in [-0.15, -0.1) is 0 Å². The Hall–Kier alpha value is -2.98. The number of rotatable bonds is 4. The van der Waals surface area contributed by atoms with Gasteiger partial charge < -0.3 is 10.2 Å². The third kappa shape index (κ3) is 4.35. The van der Waals surface area contributed by atoms with Crippen molar-refractivity contribution < 1.29 is 13.6 Å². The number of nitrogens with one attached hydrogen (secondary N) is 1. The zero-order valence-corrected chi connectivity index (χ0v) is 14.1. The topological polar surface area (TPSA) is 59.4 Å². The molecule has 0 aromatic heterocycles. The van der Waals surface area contributed by atoms with Gasteiger partial charge in [0.1, 0.15) is 11.6 Å². The maximum atomic E-state index is 14.1. The number of hydrogen-bond donors (Lipinski definition) is 1. The number of benzene rings is 2. The molecule has 1 aliphatic rings. The van der Waals surface area contributed by atoms with Gasteiger partial charge in [-0.2, -0.15) is 5.26 Å². The third-order valence-corrected chi connectivity index (χ3v) is 4.28. The van der Waals surface area contributed by atoms with Crippen molar-refractivity contribution in [2.75, 3.05) is 42.9 Å². The molecule has 1 aliphatic heterocycles. The Labute approximate surface area is 150 Å². The smallest absolute Gasteiger partial charge is 0.238 e. The summed E-state index contributed by atoms with van der Waals surface area (Å²) in [5.41, 5.74) is 1.32. The van der Waals surface area contributed by atoms with Crippen molar-refractivity contribution in [2.24, 2.45) is 0 Å². The van der Waals surface area contributed by atoms with E-state index < -0.39 is 5.82 Å². The number of nitriles is 1. The van der Waals surface area contributed by atoms with Gasteiger partial charge in [0, 0.05) is 31.9 Å². The Morgan fingerprint density at radius 3 is 2.38 bits per heavy atom. The highest BCUT2D eigenvalue weighted by Crippen LogP contribution is 2.21. The lowest BCUT2D eigenvalue weighted by Crippen LogP contribution is -2.48. The molecule has 0 aliphatic carbocycles. The monoisotopic (exact) mass is 356 g/mol. The molecule has 0 radical (unpaired) electrons. The molecule has 2 aromatic carbocycles. The average Bonchev–Trinajstić information content (AvgIpc) is 2.64. The molecule has 1 N–H and O–H groups in total. The average molecular weight is 356 g/mol. The molecular weight excluding hydrogens is 338 g/mol. The van der Waals surface area contributed by atoms with Crippen molar-refractivity contribution in [1.82, 2.24) is 4.90 Å². The molecule has 2 aromatic rings. The highest BCUT2D eigenvalue weighted by molar-refractivity contribution is 5.92. The number of carbonyl (C=O) groups is 1. The van der Waals surface area contributed by atoms with Crippen molar-refractivity contribution in [3.05, 3.63) is 59.7 Å². The Balaban J connectivity index is 1.51. The van der Waals surface area contributed by atoms with E-state index in [0.717, 1.165) is 0 Å². The molecular formula is C19H18F2N4O. The van der Waals surface area contributed by atoms with Gasteiger partial charge >= 0.3 is 0 Å². The molecule has 1 amide bonds. The van der Waals surface area contributed by atoms with Crippen LogP contribution in [0.25, 0.3) is 0 Å². The number of nitrogens with zero attached hydrogens (tertiary/aromatic N) is 3. The first-order valence-corrected chi connectivity index (χ1v) is 8.27. The molecule has 5 nitrogen and oxygen atoms in total. The van der Waals surface area contributed by atoms with Crippen LogP contribution in [0.1, 0.15) is 5.56 Å². The van der Waals surface area contributed by atoms with Gasteiger partial charge in [-0.3, -0.25) is 9.69 Å². The molecule has 134 valence electrons. The predicted octanol–water partition coefficient (Wildman–Crippen LogP) is 2.60. The fourth-order valence-electron chi connectivity index (χ4n) is 2.92. The third-order valence-electron chi connectivity index (χ3n) is 4.28. The number of piperazine rings is 1. The Morgan fingerprint density at radius 1 is 1.08 bits per heavy atom. The van der Waals surface area contributed by atoms with Crippen LogP contribution >= 0.6 is 0 Å². The Kier molecular flexibility index (Phi) is 5.44. The zero-order chi connectivity index (χ0) is 18.5. The van der Waals surface area contributed by atoms with Crippen molar-refractivity contribution in [1.29, 1.82) is 5.26 Å². The largest absolute Gasteiger partial charge is 0.367 e. The van der Waals surface area contributed by atoms with Gasteiger partial charge in [0.15, 0.2) is 0 Å². The van der Waals surface area contributed by atoms with Gasteiger partial charge in [-0.1, -0.05) is 0 Å². The summed E-state index contributed by atoms with van der Waals surface area (Å²) in [5.74, 6) is -0.935. The summed E-state index contributed by atoms with van der Waals surface area (Å²) < 4.78 is 27.0. The van der Waals surface area contributed by atoms with E-state index in [1.807, 2.05) is 15.9 Å². The fraction of sp³-hybridized carbons (Fsp3) is 0.263. The van der Waals surface area contributed by atoms with E-state index in [4.69, 9.17) is 5.26 Å². The second kappa shape index (κ2) is 7.93. The molecule has 0 unspecified atom stereocenters. The number of hydrogen-bond acceptors (Lipinski definition) is 4. The summed E-state index contributed by atoms with van der Waals surface area (Å²) in [7, 11) is 0. The Morgan fingerprint density at radius 2 is 1.77 bits per heavy atom. The second-order valence-electron chi connectivity index (χ2n) is 6.10. The second-order valence-corrected chi connectivity index (χ2v) is 6.10. The summed E-state index contributed by atoms with van der Waals surface area (Å²) in [5, 5.41) is 11.5. The number of halogens is 2.